The van der Waals surface area contributed by atoms with E-state index >= 15 is 0 Å². The van der Waals surface area contributed by atoms with E-state index in [2.05, 4.69) is 45.9 Å². The maximum absolute atomic E-state index is 6.52. The molecule has 1 aromatic heterocycles. The fourth-order valence-electron chi connectivity index (χ4n) is 3.50. The molecule has 0 bridgehead atoms. The highest BCUT2D eigenvalue weighted by molar-refractivity contribution is 6.35. The van der Waals surface area contributed by atoms with Gasteiger partial charge in [-0.3, -0.25) is 0 Å². The standard InChI is InChI=1S/C27H24Cl3N2O.ClH/c28-23-10-8-22(9-11-23)19-33-27(25-13-12-24(29)17-26(25)30)18-32-16-15-31(20-32)14-4-7-21-5-2-1-3-6-21;/h1-13,15-17,20,27H,14,18-19H2;1H/q+1;/p-1. The van der Waals surface area contributed by atoms with Crippen molar-refractivity contribution in [2.75, 3.05) is 0 Å². The van der Waals surface area contributed by atoms with Crippen molar-refractivity contribution in [3.05, 3.63) is 129 Å². The topological polar surface area (TPSA) is 18.0 Å². The Morgan fingerprint density at radius 1 is 0.912 bits per heavy atom. The highest BCUT2D eigenvalue weighted by atomic mass is 35.5. The molecule has 0 spiro atoms. The maximum atomic E-state index is 6.52. The molecule has 7 heteroatoms. The van der Waals surface area contributed by atoms with Gasteiger partial charge in [0.05, 0.1) is 6.61 Å². The van der Waals surface area contributed by atoms with Crippen LogP contribution in [0.2, 0.25) is 15.1 Å². The fourth-order valence-corrected chi connectivity index (χ4v) is 4.16. The second-order valence-corrected chi connectivity index (χ2v) is 8.99. The van der Waals surface area contributed by atoms with Gasteiger partial charge in [-0.05, 0) is 41.5 Å². The van der Waals surface area contributed by atoms with Crippen LogP contribution in [-0.2, 0) is 24.4 Å². The lowest BCUT2D eigenvalue weighted by molar-refractivity contribution is -0.686. The van der Waals surface area contributed by atoms with Crippen molar-refractivity contribution >= 4 is 40.9 Å². The summed E-state index contributed by atoms with van der Waals surface area (Å²) in [6, 6.07) is 23.4. The molecule has 0 radical (unpaired) electrons. The van der Waals surface area contributed by atoms with Crippen LogP contribution in [-0.4, -0.2) is 4.57 Å². The molecule has 0 fully saturated rings. The van der Waals surface area contributed by atoms with Crippen LogP contribution in [0, 0.1) is 0 Å². The average molecular weight is 534 g/mol. The molecule has 3 aromatic carbocycles. The number of hydrogen-bond donors (Lipinski definition) is 0. The molecule has 0 N–H and O–H groups in total. The minimum absolute atomic E-state index is 0. The van der Waals surface area contributed by atoms with Gasteiger partial charge in [-0.2, -0.15) is 0 Å². The number of aromatic nitrogens is 2. The number of nitrogens with zero attached hydrogens (tertiary/aromatic N) is 2. The van der Waals surface area contributed by atoms with E-state index in [0.29, 0.717) is 28.2 Å². The summed E-state index contributed by atoms with van der Waals surface area (Å²) in [5, 5.41) is 1.90. The third kappa shape index (κ3) is 7.63. The van der Waals surface area contributed by atoms with E-state index < -0.39 is 0 Å². The quantitative estimate of drug-likeness (QED) is 0.291. The molecular weight excluding hydrogens is 510 g/mol. The van der Waals surface area contributed by atoms with Crippen molar-refractivity contribution in [2.45, 2.75) is 25.8 Å². The third-order valence-electron chi connectivity index (χ3n) is 5.22. The van der Waals surface area contributed by atoms with Crippen LogP contribution in [0.1, 0.15) is 22.8 Å². The molecule has 1 atom stereocenters. The average Bonchev–Trinajstić information content (AvgIpc) is 3.26. The predicted octanol–water partition coefficient (Wildman–Crippen LogP) is 4.41. The summed E-state index contributed by atoms with van der Waals surface area (Å²) >= 11 is 18.6. The summed E-state index contributed by atoms with van der Waals surface area (Å²) < 4.78 is 10.5. The summed E-state index contributed by atoms with van der Waals surface area (Å²) in [6.07, 6.45) is 10.2. The molecule has 0 aliphatic rings. The molecule has 34 heavy (non-hydrogen) atoms. The molecule has 0 aliphatic heterocycles. The van der Waals surface area contributed by atoms with E-state index in [0.717, 1.165) is 17.7 Å². The Morgan fingerprint density at radius 3 is 2.38 bits per heavy atom. The van der Waals surface area contributed by atoms with Gasteiger partial charge in [-0.1, -0.05) is 89.4 Å². The second kappa shape index (κ2) is 13.0. The third-order valence-corrected chi connectivity index (χ3v) is 6.04. The lowest BCUT2D eigenvalue weighted by Crippen LogP contribution is -3.00. The van der Waals surface area contributed by atoms with Gasteiger partial charge in [0.25, 0.3) is 0 Å². The Balaban J connectivity index is 0.00000324. The van der Waals surface area contributed by atoms with Gasteiger partial charge in [0, 0.05) is 20.6 Å². The van der Waals surface area contributed by atoms with Crippen molar-refractivity contribution in [1.29, 1.82) is 0 Å². The zero-order valence-electron chi connectivity index (χ0n) is 18.3. The van der Waals surface area contributed by atoms with Crippen LogP contribution < -0.4 is 17.0 Å². The molecule has 3 nitrogen and oxygen atoms in total. The highest BCUT2D eigenvalue weighted by Crippen LogP contribution is 2.30. The summed E-state index contributed by atoms with van der Waals surface area (Å²) in [5.74, 6) is 0. The van der Waals surface area contributed by atoms with Crippen LogP contribution >= 0.6 is 34.8 Å². The molecular formula is C27H24Cl4N2O. The Morgan fingerprint density at radius 2 is 1.65 bits per heavy atom. The summed E-state index contributed by atoms with van der Waals surface area (Å²) in [4.78, 5) is 0. The summed E-state index contributed by atoms with van der Waals surface area (Å²) in [6.45, 7) is 1.84. The Labute approximate surface area is 221 Å². The number of imidazole rings is 1. The van der Waals surface area contributed by atoms with Gasteiger partial charge in [0.2, 0.25) is 6.33 Å². The first-order valence-electron chi connectivity index (χ1n) is 10.6. The number of halogens is 4. The van der Waals surface area contributed by atoms with Crippen LogP contribution in [0.15, 0.2) is 97.6 Å². The lowest BCUT2D eigenvalue weighted by atomic mass is 10.1. The maximum Gasteiger partial charge on any atom is 0.244 e. The number of rotatable bonds is 9. The van der Waals surface area contributed by atoms with Crippen molar-refractivity contribution < 1.29 is 21.7 Å². The minimum Gasteiger partial charge on any atom is -1.00 e. The number of hydrogen-bond acceptors (Lipinski definition) is 1. The molecule has 0 saturated heterocycles. The van der Waals surface area contributed by atoms with Crippen molar-refractivity contribution in [1.82, 2.24) is 4.57 Å². The largest absolute Gasteiger partial charge is 1.00 e. The molecule has 176 valence electrons. The minimum atomic E-state index is -0.244. The molecule has 4 rings (SSSR count). The van der Waals surface area contributed by atoms with E-state index in [4.69, 9.17) is 39.5 Å². The monoisotopic (exact) mass is 532 g/mol. The van der Waals surface area contributed by atoms with Gasteiger partial charge in [0.15, 0.2) is 0 Å². The van der Waals surface area contributed by atoms with Gasteiger partial charge in [-0.15, -0.1) is 0 Å². The zero-order valence-corrected chi connectivity index (χ0v) is 21.4. The Hall–Kier alpha value is -2.27. The van der Waals surface area contributed by atoms with E-state index in [1.165, 1.54) is 5.56 Å². The SMILES string of the molecule is Clc1ccc(COC(Cn2cc[n+](CC=Cc3ccccc3)c2)c2ccc(Cl)cc2Cl)cc1.[Cl-]. The molecule has 0 saturated carbocycles. The summed E-state index contributed by atoms with van der Waals surface area (Å²) in [7, 11) is 0. The molecule has 0 aliphatic carbocycles. The van der Waals surface area contributed by atoms with Crippen LogP contribution in [0.5, 0.6) is 0 Å². The Bertz CT molecular complexity index is 1210. The predicted molar refractivity (Wildman–Crippen MR) is 136 cm³/mol. The molecule has 1 heterocycles. The van der Waals surface area contributed by atoms with Crippen LogP contribution in [0.4, 0.5) is 0 Å². The van der Waals surface area contributed by atoms with Crippen LogP contribution in [0.25, 0.3) is 6.08 Å². The normalized spacial score (nSPS) is 12.0. The van der Waals surface area contributed by atoms with E-state index in [1.54, 1.807) is 6.07 Å². The smallest absolute Gasteiger partial charge is 0.244 e. The first-order chi connectivity index (χ1) is 16.1. The van der Waals surface area contributed by atoms with Gasteiger partial charge in [0.1, 0.15) is 31.6 Å². The van der Waals surface area contributed by atoms with Crippen molar-refractivity contribution in [3.8, 4) is 0 Å². The molecule has 4 aromatic rings. The number of benzene rings is 3. The lowest BCUT2D eigenvalue weighted by Gasteiger charge is -2.18. The van der Waals surface area contributed by atoms with Crippen molar-refractivity contribution in [3.63, 3.8) is 0 Å². The van der Waals surface area contributed by atoms with E-state index in [9.17, 15) is 0 Å². The van der Waals surface area contributed by atoms with Gasteiger partial charge < -0.3 is 17.1 Å². The first-order valence-corrected chi connectivity index (χ1v) is 11.8. The molecule has 1 unspecified atom stereocenters. The zero-order chi connectivity index (χ0) is 23.0. The molecule has 0 amide bonds. The first kappa shape index (κ1) is 26.3. The Kier molecular flexibility index (Phi) is 10.1. The highest BCUT2D eigenvalue weighted by Gasteiger charge is 2.20. The van der Waals surface area contributed by atoms with E-state index in [-0.39, 0.29) is 18.5 Å². The fraction of sp³-hybridized carbons (Fsp3) is 0.148. The van der Waals surface area contributed by atoms with E-state index in [1.807, 2.05) is 60.8 Å². The van der Waals surface area contributed by atoms with Gasteiger partial charge in [-0.25, -0.2) is 9.13 Å². The summed E-state index contributed by atoms with van der Waals surface area (Å²) in [5.41, 5.74) is 3.13. The van der Waals surface area contributed by atoms with Crippen molar-refractivity contribution in [2.24, 2.45) is 0 Å². The number of ether oxygens (including phenoxy) is 1. The van der Waals surface area contributed by atoms with Gasteiger partial charge >= 0.3 is 0 Å². The van der Waals surface area contributed by atoms with Crippen LogP contribution in [0.3, 0.4) is 0 Å². The number of allylic oxidation sites excluding steroid dienone is 1. The second-order valence-electron chi connectivity index (χ2n) is 7.71.